The molecule has 6 nitrogen and oxygen atoms in total. The van der Waals surface area contributed by atoms with Crippen molar-refractivity contribution in [2.45, 2.75) is 39.0 Å². The fourth-order valence-electron chi connectivity index (χ4n) is 3.47. The molecule has 0 spiro atoms. The number of rotatable bonds is 5. The van der Waals surface area contributed by atoms with Crippen LogP contribution in [0.2, 0.25) is 0 Å². The van der Waals surface area contributed by atoms with E-state index in [1.165, 1.54) is 11.1 Å². The van der Waals surface area contributed by atoms with E-state index >= 15 is 0 Å². The Labute approximate surface area is 171 Å². The van der Waals surface area contributed by atoms with Gasteiger partial charge in [0.2, 0.25) is 0 Å². The highest BCUT2D eigenvalue weighted by atomic mass is 15.5. The Morgan fingerprint density at radius 1 is 0.897 bits per heavy atom. The number of hydrogen-bond donors (Lipinski definition) is 0. The molecule has 2 heterocycles. The normalized spacial score (nSPS) is 11.9. The number of hydrogen-bond acceptors (Lipinski definition) is 4. The van der Waals surface area contributed by atoms with Crippen molar-refractivity contribution in [3.63, 3.8) is 0 Å². The zero-order valence-corrected chi connectivity index (χ0v) is 17.5. The molecule has 0 saturated carbocycles. The molecule has 0 N–H and O–H groups in total. The summed E-state index contributed by atoms with van der Waals surface area (Å²) in [5, 5.41) is 16.6. The van der Waals surface area contributed by atoms with Crippen molar-refractivity contribution in [2.24, 2.45) is 7.05 Å². The van der Waals surface area contributed by atoms with Gasteiger partial charge in [0.25, 0.3) is 0 Å². The van der Waals surface area contributed by atoms with E-state index < -0.39 is 0 Å². The van der Waals surface area contributed by atoms with Crippen LogP contribution >= 0.6 is 0 Å². The van der Waals surface area contributed by atoms with E-state index in [1.807, 2.05) is 17.9 Å². The van der Waals surface area contributed by atoms with Gasteiger partial charge in [-0.25, -0.2) is 9.36 Å². The van der Waals surface area contributed by atoms with E-state index in [9.17, 15) is 0 Å². The largest absolute Gasteiger partial charge is 0.241 e. The Morgan fingerprint density at radius 3 is 2.17 bits per heavy atom. The summed E-state index contributed by atoms with van der Waals surface area (Å²) in [5.41, 5.74) is 5.39. The molecule has 148 valence electrons. The van der Waals surface area contributed by atoms with E-state index in [0.717, 1.165) is 22.8 Å². The maximum Gasteiger partial charge on any atom is 0.181 e. The second kappa shape index (κ2) is 7.28. The van der Waals surface area contributed by atoms with Crippen molar-refractivity contribution >= 4 is 0 Å². The van der Waals surface area contributed by atoms with Gasteiger partial charge in [0.15, 0.2) is 5.82 Å². The monoisotopic (exact) mass is 386 g/mol. The van der Waals surface area contributed by atoms with Gasteiger partial charge in [-0.1, -0.05) is 64.1 Å². The minimum atomic E-state index is -0.222. The van der Waals surface area contributed by atoms with Crippen LogP contribution in [0, 0.1) is 0 Å². The van der Waals surface area contributed by atoms with E-state index in [-0.39, 0.29) is 5.41 Å². The molecule has 0 amide bonds. The minimum Gasteiger partial charge on any atom is -0.241 e. The predicted octanol–water partition coefficient (Wildman–Crippen LogP) is 4.51. The van der Waals surface area contributed by atoms with Crippen molar-refractivity contribution in [3.8, 4) is 17.1 Å². The zero-order chi connectivity index (χ0) is 20.6. The van der Waals surface area contributed by atoms with Crippen LogP contribution < -0.4 is 0 Å². The third-order valence-electron chi connectivity index (χ3n) is 5.54. The van der Waals surface area contributed by atoms with Gasteiger partial charge < -0.3 is 0 Å². The molecule has 0 atom stereocenters. The standard InChI is InChI=1S/C23H26N6/c1-16(2)17-8-12-20(13-9-17)29-15-14-21(25-29)23(3,4)19-10-6-18(7-11-19)22-24-26-27-28(22)5/h6-16H,1-5H3. The second-order valence-electron chi connectivity index (χ2n) is 8.22. The molecule has 0 fully saturated rings. The first-order valence-electron chi connectivity index (χ1n) is 9.86. The summed E-state index contributed by atoms with van der Waals surface area (Å²) in [4.78, 5) is 0. The third kappa shape index (κ3) is 3.58. The van der Waals surface area contributed by atoms with Gasteiger partial charge in [0.05, 0.1) is 11.4 Å². The number of aryl methyl sites for hydroxylation is 1. The first-order valence-corrected chi connectivity index (χ1v) is 9.86. The number of tetrazole rings is 1. The van der Waals surface area contributed by atoms with Gasteiger partial charge >= 0.3 is 0 Å². The van der Waals surface area contributed by atoms with Crippen LogP contribution in [0.1, 0.15) is 50.4 Å². The van der Waals surface area contributed by atoms with Gasteiger partial charge in [-0.05, 0) is 45.7 Å². The van der Waals surface area contributed by atoms with E-state index in [2.05, 4.69) is 97.8 Å². The number of benzene rings is 2. The summed E-state index contributed by atoms with van der Waals surface area (Å²) in [5.74, 6) is 1.28. The molecular formula is C23H26N6. The van der Waals surface area contributed by atoms with E-state index in [0.29, 0.717) is 5.92 Å². The lowest BCUT2D eigenvalue weighted by Crippen LogP contribution is -2.20. The topological polar surface area (TPSA) is 61.4 Å². The Hall–Kier alpha value is -3.28. The number of aromatic nitrogens is 6. The van der Waals surface area contributed by atoms with Gasteiger partial charge in [0, 0.05) is 24.2 Å². The highest BCUT2D eigenvalue weighted by Crippen LogP contribution is 2.32. The molecule has 2 aromatic heterocycles. The molecule has 6 heteroatoms. The summed E-state index contributed by atoms with van der Waals surface area (Å²) >= 11 is 0. The molecular weight excluding hydrogens is 360 g/mol. The van der Waals surface area contributed by atoms with Gasteiger partial charge in [-0.3, -0.25) is 0 Å². The highest BCUT2D eigenvalue weighted by molar-refractivity contribution is 5.56. The van der Waals surface area contributed by atoms with Crippen LogP contribution in [-0.2, 0) is 12.5 Å². The zero-order valence-electron chi connectivity index (χ0n) is 17.5. The fraction of sp³-hybridized carbons (Fsp3) is 0.304. The summed E-state index contributed by atoms with van der Waals surface area (Å²) in [7, 11) is 1.84. The molecule has 29 heavy (non-hydrogen) atoms. The molecule has 0 radical (unpaired) electrons. The molecule has 0 unspecified atom stereocenters. The molecule has 0 saturated heterocycles. The minimum absolute atomic E-state index is 0.222. The maximum absolute atomic E-state index is 4.87. The van der Waals surface area contributed by atoms with Gasteiger partial charge in [-0.15, -0.1) is 5.10 Å². The van der Waals surface area contributed by atoms with Crippen LogP contribution in [0.4, 0.5) is 0 Å². The SMILES string of the molecule is CC(C)c1ccc(-n2ccc(C(C)(C)c3ccc(-c4nnnn4C)cc3)n2)cc1. The van der Waals surface area contributed by atoms with Crippen molar-refractivity contribution in [2.75, 3.05) is 0 Å². The lowest BCUT2D eigenvalue weighted by molar-refractivity contribution is 0.605. The first kappa shape index (κ1) is 19.1. The van der Waals surface area contributed by atoms with Crippen LogP contribution in [0.5, 0.6) is 0 Å². The smallest absolute Gasteiger partial charge is 0.181 e. The van der Waals surface area contributed by atoms with Crippen LogP contribution in [-0.4, -0.2) is 30.0 Å². The number of nitrogens with zero attached hydrogens (tertiary/aromatic N) is 6. The fourth-order valence-corrected chi connectivity index (χ4v) is 3.47. The quantitative estimate of drug-likeness (QED) is 0.506. The molecule has 0 aliphatic rings. The van der Waals surface area contributed by atoms with E-state index in [4.69, 9.17) is 5.10 Å². The Morgan fingerprint density at radius 2 is 1.59 bits per heavy atom. The average Bonchev–Trinajstić information content (AvgIpc) is 3.38. The molecule has 0 aliphatic carbocycles. The Balaban J connectivity index is 1.60. The molecule has 0 aliphatic heterocycles. The molecule has 2 aromatic carbocycles. The Kier molecular flexibility index (Phi) is 4.78. The average molecular weight is 387 g/mol. The first-order chi connectivity index (χ1) is 13.9. The maximum atomic E-state index is 4.87. The summed E-state index contributed by atoms with van der Waals surface area (Å²) in [6, 6.07) is 19.1. The van der Waals surface area contributed by atoms with Crippen molar-refractivity contribution in [3.05, 3.63) is 77.6 Å². The molecule has 0 bridgehead atoms. The van der Waals surface area contributed by atoms with Crippen LogP contribution in [0.25, 0.3) is 17.1 Å². The van der Waals surface area contributed by atoms with Crippen LogP contribution in [0.15, 0.2) is 60.8 Å². The van der Waals surface area contributed by atoms with Crippen LogP contribution in [0.3, 0.4) is 0 Å². The predicted molar refractivity (Wildman–Crippen MR) is 114 cm³/mol. The van der Waals surface area contributed by atoms with E-state index in [1.54, 1.807) is 4.68 Å². The van der Waals surface area contributed by atoms with Crippen molar-refractivity contribution < 1.29 is 0 Å². The summed E-state index contributed by atoms with van der Waals surface area (Å²) < 4.78 is 3.62. The van der Waals surface area contributed by atoms with Crippen molar-refractivity contribution in [1.29, 1.82) is 0 Å². The summed E-state index contributed by atoms with van der Waals surface area (Å²) in [6.07, 6.45) is 2.03. The summed E-state index contributed by atoms with van der Waals surface area (Å²) in [6.45, 7) is 8.80. The highest BCUT2D eigenvalue weighted by Gasteiger charge is 2.26. The van der Waals surface area contributed by atoms with Gasteiger partial charge in [-0.2, -0.15) is 5.10 Å². The molecule has 4 rings (SSSR count). The Bertz CT molecular complexity index is 1100. The lowest BCUT2D eigenvalue weighted by atomic mass is 9.81. The molecule has 4 aromatic rings. The second-order valence-corrected chi connectivity index (χ2v) is 8.22. The van der Waals surface area contributed by atoms with Gasteiger partial charge in [0.1, 0.15) is 0 Å². The lowest BCUT2D eigenvalue weighted by Gasteiger charge is -2.23. The van der Waals surface area contributed by atoms with Crippen molar-refractivity contribution in [1.82, 2.24) is 30.0 Å². The third-order valence-corrected chi connectivity index (χ3v) is 5.54.